The number of aliphatic carboxylic acids is 2. The molecular weight excluding hydrogens is 264 g/mol. The summed E-state index contributed by atoms with van der Waals surface area (Å²) in [4.78, 5) is 22.3. The molecule has 0 bridgehead atoms. The minimum atomic E-state index is -5.02. The van der Waals surface area contributed by atoms with E-state index in [-0.39, 0.29) is 11.1 Å². The molecule has 0 spiro atoms. The van der Waals surface area contributed by atoms with Gasteiger partial charge in [0.1, 0.15) is 0 Å². The molecule has 0 saturated heterocycles. The Bertz CT molecular complexity index is 569. The number of hydrogen-bond donors (Lipinski definition) is 3. The van der Waals surface area contributed by atoms with Crippen LogP contribution in [0, 0.1) is 5.92 Å². The van der Waals surface area contributed by atoms with E-state index in [1.165, 1.54) is 6.92 Å². The Labute approximate surface area is 103 Å². The van der Waals surface area contributed by atoms with Gasteiger partial charge in [0, 0.05) is 11.5 Å². The molecule has 0 fully saturated rings. The van der Waals surface area contributed by atoms with Gasteiger partial charge in [-0.25, -0.2) is 4.79 Å². The quantitative estimate of drug-likeness (QED) is 0.632. The van der Waals surface area contributed by atoms with Crippen LogP contribution in [0.3, 0.4) is 0 Å². The number of carboxylic acids is 2. The third-order valence-corrected chi connectivity index (χ3v) is 4.81. The highest BCUT2D eigenvalue weighted by Gasteiger charge is 2.59. The van der Waals surface area contributed by atoms with Gasteiger partial charge in [-0.2, -0.15) is 8.42 Å². The summed E-state index contributed by atoms with van der Waals surface area (Å²) in [5.74, 6) is -4.65. The van der Waals surface area contributed by atoms with Crippen molar-refractivity contribution in [3.63, 3.8) is 0 Å². The van der Waals surface area contributed by atoms with Gasteiger partial charge in [0.25, 0.3) is 10.1 Å². The second-order valence-electron chi connectivity index (χ2n) is 4.01. The maximum Gasteiger partial charge on any atom is 0.332 e. The lowest BCUT2D eigenvalue weighted by molar-refractivity contribution is -0.140. The summed E-state index contributed by atoms with van der Waals surface area (Å²) in [5.41, 5.74) is -0.532. The zero-order chi connectivity index (χ0) is 14.3. The molecule has 2 atom stereocenters. The molecule has 0 heterocycles. The number of carbonyl (C=O) groups is 2. The first-order chi connectivity index (χ1) is 8.06. The van der Waals surface area contributed by atoms with Crippen molar-refractivity contribution in [3.8, 4) is 0 Å². The van der Waals surface area contributed by atoms with E-state index in [0.29, 0.717) is 0 Å². The average molecular weight is 276 g/mol. The van der Waals surface area contributed by atoms with Gasteiger partial charge < -0.3 is 10.2 Å². The van der Waals surface area contributed by atoms with Gasteiger partial charge in [-0.05, 0) is 12.5 Å². The van der Waals surface area contributed by atoms with Gasteiger partial charge in [0.2, 0.25) is 4.75 Å². The summed E-state index contributed by atoms with van der Waals surface area (Å²) < 4.78 is 29.5. The third-order valence-electron chi connectivity index (χ3n) is 3.15. The third kappa shape index (κ3) is 1.73. The molecule has 100 valence electrons. The predicted molar refractivity (Wildman–Crippen MR) is 60.6 cm³/mol. The van der Waals surface area contributed by atoms with Crippen LogP contribution in [0.1, 0.15) is 13.8 Å². The van der Waals surface area contributed by atoms with Gasteiger partial charge in [0.15, 0.2) is 0 Å². The van der Waals surface area contributed by atoms with Crippen molar-refractivity contribution in [2.75, 3.05) is 0 Å². The molecule has 0 aliphatic heterocycles. The molecular formula is C10H12O7S. The van der Waals surface area contributed by atoms with Crippen LogP contribution >= 0.6 is 0 Å². The average Bonchev–Trinajstić information content (AvgIpc) is 2.14. The molecule has 0 amide bonds. The Morgan fingerprint density at radius 1 is 1.28 bits per heavy atom. The van der Waals surface area contributed by atoms with Crippen LogP contribution in [0.15, 0.2) is 23.3 Å². The van der Waals surface area contributed by atoms with Crippen LogP contribution in [0.5, 0.6) is 0 Å². The van der Waals surface area contributed by atoms with Crippen LogP contribution in [0.4, 0.5) is 0 Å². The van der Waals surface area contributed by atoms with Crippen molar-refractivity contribution in [3.05, 3.63) is 23.3 Å². The van der Waals surface area contributed by atoms with E-state index in [1.807, 2.05) is 0 Å². The molecule has 0 aromatic carbocycles. The Morgan fingerprint density at radius 2 is 1.78 bits per heavy atom. The van der Waals surface area contributed by atoms with Crippen LogP contribution in [-0.4, -0.2) is 39.9 Å². The van der Waals surface area contributed by atoms with Crippen molar-refractivity contribution < 1.29 is 32.8 Å². The molecule has 7 nitrogen and oxygen atoms in total. The molecule has 2 unspecified atom stereocenters. The molecule has 1 rings (SSSR count). The van der Waals surface area contributed by atoms with Gasteiger partial charge in [0.05, 0.1) is 0 Å². The lowest BCUT2D eigenvalue weighted by Gasteiger charge is -2.35. The van der Waals surface area contributed by atoms with Crippen LogP contribution in [0.25, 0.3) is 0 Å². The molecule has 1 aliphatic rings. The summed E-state index contributed by atoms with van der Waals surface area (Å²) in [5, 5.41) is 18.1. The van der Waals surface area contributed by atoms with Crippen molar-refractivity contribution >= 4 is 22.1 Å². The summed E-state index contributed by atoms with van der Waals surface area (Å²) in [6.45, 7) is 2.35. The molecule has 3 N–H and O–H groups in total. The summed E-state index contributed by atoms with van der Waals surface area (Å²) in [6.07, 6.45) is 2.21. The fourth-order valence-corrected chi connectivity index (χ4v) is 3.46. The van der Waals surface area contributed by atoms with Gasteiger partial charge in [-0.3, -0.25) is 9.35 Å². The molecule has 18 heavy (non-hydrogen) atoms. The highest BCUT2D eigenvalue weighted by molar-refractivity contribution is 7.88. The summed E-state index contributed by atoms with van der Waals surface area (Å²) >= 11 is 0. The zero-order valence-electron chi connectivity index (χ0n) is 9.61. The number of carboxylic acid groups (broad SMARTS) is 2. The van der Waals surface area contributed by atoms with E-state index in [9.17, 15) is 22.6 Å². The minimum Gasteiger partial charge on any atom is -0.480 e. The maximum absolute atomic E-state index is 11.5. The van der Waals surface area contributed by atoms with E-state index in [0.717, 1.165) is 19.1 Å². The number of rotatable bonds is 3. The van der Waals surface area contributed by atoms with E-state index in [4.69, 9.17) is 10.2 Å². The lowest BCUT2D eigenvalue weighted by Crippen LogP contribution is -2.54. The van der Waals surface area contributed by atoms with Crippen LogP contribution < -0.4 is 0 Å². The molecule has 8 heteroatoms. The molecule has 0 aromatic heterocycles. The Morgan fingerprint density at radius 3 is 2.11 bits per heavy atom. The fourth-order valence-electron chi connectivity index (χ4n) is 2.19. The first-order valence-corrected chi connectivity index (χ1v) is 6.33. The second kappa shape index (κ2) is 4.21. The van der Waals surface area contributed by atoms with Crippen molar-refractivity contribution in [1.29, 1.82) is 0 Å². The molecule has 0 aromatic rings. The first-order valence-electron chi connectivity index (χ1n) is 4.89. The molecule has 0 radical (unpaired) electrons. The van der Waals surface area contributed by atoms with Crippen molar-refractivity contribution in [2.24, 2.45) is 5.92 Å². The second-order valence-corrected chi connectivity index (χ2v) is 5.61. The highest BCUT2D eigenvalue weighted by Crippen LogP contribution is 2.41. The standard InChI is InChI=1S/C10H12O7S/c1-5-3-4-7(8(11)12)6(2)10(5,9(13)14)18(15,16)17/h3-4,6H,1-2H3,(H,11,12)(H,13,14)(H,15,16,17). The van der Waals surface area contributed by atoms with Crippen LogP contribution in [0.2, 0.25) is 0 Å². The lowest BCUT2D eigenvalue weighted by atomic mass is 9.78. The smallest absolute Gasteiger partial charge is 0.332 e. The summed E-state index contributed by atoms with van der Waals surface area (Å²) in [6, 6.07) is 0. The van der Waals surface area contributed by atoms with Crippen molar-refractivity contribution in [2.45, 2.75) is 18.6 Å². The minimum absolute atomic E-state index is 0.144. The maximum atomic E-state index is 11.5. The predicted octanol–water partition coefficient (Wildman–Crippen LogP) is 0.305. The highest BCUT2D eigenvalue weighted by atomic mass is 32.2. The fraction of sp³-hybridized carbons (Fsp3) is 0.400. The zero-order valence-corrected chi connectivity index (χ0v) is 10.4. The Kier molecular flexibility index (Phi) is 3.37. The Balaban J connectivity index is 3.66. The molecule has 0 saturated carbocycles. The number of allylic oxidation sites excluding steroid dienone is 2. The topological polar surface area (TPSA) is 129 Å². The van der Waals surface area contributed by atoms with E-state index >= 15 is 0 Å². The Hall–Kier alpha value is -1.67. The summed E-state index contributed by atoms with van der Waals surface area (Å²) in [7, 11) is -5.02. The van der Waals surface area contributed by atoms with E-state index in [1.54, 1.807) is 0 Å². The van der Waals surface area contributed by atoms with E-state index < -0.39 is 32.7 Å². The van der Waals surface area contributed by atoms with Gasteiger partial charge >= 0.3 is 11.9 Å². The largest absolute Gasteiger partial charge is 0.480 e. The monoisotopic (exact) mass is 276 g/mol. The normalized spacial score (nSPS) is 28.3. The van der Waals surface area contributed by atoms with Crippen molar-refractivity contribution in [1.82, 2.24) is 0 Å². The van der Waals surface area contributed by atoms with E-state index in [2.05, 4.69) is 0 Å². The van der Waals surface area contributed by atoms with Crippen LogP contribution in [-0.2, 0) is 19.7 Å². The SMILES string of the molecule is CC1=CC=C(C(=O)O)C(C)C1(C(=O)O)S(=O)(=O)O. The van der Waals surface area contributed by atoms with Gasteiger partial charge in [-0.15, -0.1) is 0 Å². The first kappa shape index (κ1) is 14.4. The molecule has 1 aliphatic carbocycles. The van der Waals surface area contributed by atoms with Gasteiger partial charge in [-0.1, -0.05) is 19.1 Å². The number of hydrogen-bond acceptors (Lipinski definition) is 4.